The molecule has 0 spiro atoms. The van der Waals surface area contributed by atoms with Gasteiger partial charge >= 0.3 is 0 Å². The second-order valence-corrected chi connectivity index (χ2v) is 5.46. The van der Waals surface area contributed by atoms with Gasteiger partial charge in [0.1, 0.15) is 0 Å². The molecule has 3 heteroatoms. The third-order valence-corrected chi connectivity index (χ3v) is 2.66. The first-order chi connectivity index (χ1) is 5.99. The van der Waals surface area contributed by atoms with Crippen LogP contribution < -0.4 is 11.1 Å². The summed E-state index contributed by atoms with van der Waals surface area (Å²) in [5.41, 5.74) is 7.01. The molecule has 0 aliphatic heterocycles. The molecule has 0 aliphatic rings. The third kappa shape index (κ3) is 3.79. The van der Waals surface area contributed by atoms with E-state index in [1.165, 1.54) is 4.88 Å². The van der Waals surface area contributed by atoms with Gasteiger partial charge in [-0.05, 0) is 16.9 Å². The second-order valence-electron chi connectivity index (χ2n) is 4.46. The Morgan fingerprint density at radius 1 is 1.46 bits per heavy atom. The molecule has 0 bridgehead atoms. The number of nitrogen functional groups attached to an aromatic ring is 1. The number of thiophene rings is 1. The van der Waals surface area contributed by atoms with Gasteiger partial charge in [0.25, 0.3) is 0 Å². The summed E-state index contributed by atoms with van der Waals surface area (Å²) >= 11 is 1.71. The molecule has 0 fully saturated rings. The maximum atomic E-state index is 5.76. The van der Waals surface area contributed by atoms with E-state index in [4.69, 9.17) is 5.73 Å². The lowest BCUT2D eigenvalue weighted by atomic mass is 9.97. The van der Waals surface area contributed by atoms with Crippen LogP contribution in [0.3, 0.4) is 0 Å². The number of hydrogen-bond donors (Lipinski definition) is 2. The average molecular weight is 198 g/mol. The standard InChI is InChI=1S/C10H18N2S/c1-10(2,3)7-12-6-9-8(11)4-5-13-9/h4-5,12H,6-7,11H2,1-3H3. The largest absolute Gasteiger partial charge is 0.398 e. The Morgan fingerprint density at radius 2 is 2.15 bits per heavy atom. The topological polar surface area (TPSA) is 38.0 Å². The summed E-state index contributed by atoms with van der Waals surface area (Å²) in [7, 11) is 0. The molecule has 0 aliphatic carbocycles. The van der Waals surface area contributed by atoms with E-state index in [1.54, 1.807) is 11.3 Å². The normalized spacial score (nSPS) is 11.9. The first-order valence-corrected chi connectivity index (χ1v) is 5.39. The van der Waals surface area contributed by atoms with Crippen LogP contribution in [-0.2, 0) is 6.54 Å². The van der Waals surface area contributed by atoms with E-state index in [9.17, 15) is 0 Å². The molecule has 0 unspecified atom stereocenters. The van der Waals surface area contributed by atoms with Gasteiger partial charge in [-0.25, -0.2) is 0 Å². The van der Waals surface area contributed by atoms with Crippen LogP contribution in [0.15, 0.2) is 11.4 Å². The molecular formula is C10H18N2S. The molecular weight excluding hydrogens is 180 g/mol. The molecule has 1 rings (SSSR count). The number of nitrogens with one attached hydrogen (secondary N) is 1. The number of nitrogens with two attached hydrogens (primary N) is 1. The van der Waals surface area contributed by atoms with Crippen molar-refractivity contribution in [3.05, 3.63) is 16.3 Å². The van der Waals surface area contributed by atoms with Gasteiger partial charge in [0, 0.05) is 23.7 Å². The van der Waals surface area contributed by atoms with E-state index in [0.29, 0.717) is 5.41 Å². The highest BCUT2D eigenvalue weighted by molar-refractivity contribution is 7.10. The van der Waals surface area contributed by atoms with Crippen LogP contribution in [0.2, 0.25) is 0 Å². The van der Waals surface area contributed by atoms with Crippen molar-refractivity contribution in [2.45, 2.75) is 27.3 Å². The Morgan fingerprint density at radius 3 is 2.62 bits per heavy atom. The zero-order valence-electron chi connectivity index (χ0n) is 8.55. The SMILES string of the molecule is CC(C)(C)CNCc1sccc1N. The van der Waals surface area contributed by atoms with Crippen LogP contribution in [0.25, 0.3) is 0 Å². The van der Waals surface area contributed by atoms with Gasteiger partial charge < -0.3 is 11.1 Å². The molecule has 13 heavy (non-hydrogen) atoms. The monoisotopic (exact) mass is 198 g/mol. The molecule has 2 nitrogen and oxygen atoms in total. The average Bonchev–Trinajstić information content (AvgIpc) is 2.34. The van der Waals surface area contributed by atoms with Gasteiger partial charge in [-0.1, -0.05) is 20.8 Å². The number of anilines is 1. The second kappa shape index (κ2) is 4.11. The van der Waals surface area contributed by atoms with E-state index >= 15 is 0 Å². The summed E-state index contributed by atoms with van der Waals surface area (Å²) in [5, 5.41) is 5.43. The zero-order chi connectivity index (χ0) is 9.90. The van der Waals surface area contributed by atoms with E-state index < -0.39 is 0 Å². The molecule has 0 radical (unpaired) electrons. The summed E-state index contributed by atoms with van der Waals surface area (Å²) in [4.78, 5) is 1.24. The van der Waals surface area contributed by atoms with Gasteiger partial charge in [-0.15, -0.1) is 11.3 Å². The van der Waals surface area contributed by atoms with E-state index in [-0.39, 0.29) is 0 Å². The van der Waals surface area contributed by atoms with Crippen molar-refractivity contribution >= 4 is 17.0 Å². The minimum Gasteiger partial charge on any atom is -0.398 e. The fourth-order valence-corrected chi connectivity index (χ4v) is 1.81. The fraction of sp³-hybridized carbons (Fsp3) is 0.600. The molecule has 0 saturated carbocycles. The Bertz CT molecular complexity index is 260. The Labute approximate surface area is 84.2 Å². The lowest BCUT2D eigenvalue weighted by molar-refractivity contribution is 0.380. The van der Waals surface area contributed by atoms with Crippen LogP contribution in [0.4, 0.5) is 5.69 Å². The summed E-state index contributed by atoms with van der Waals surface area (Å²) in [6.07, 6.45) is 0. The van der Waals surface area contributed by atoms with Crippen molar-refractivity contribution < 1.29 is 0 Å². The van der Waals surface area contributed by atoms with E-state index in [1.807, 2.05) is 11.4 Å². The Hall–Kier alpha value is -0.540. The van der Waals surface area contributed by atoms with Crippen molar-refractivity contribution in [2.24, 2.45) is 5.41 Å². The van der Waals surface area contributed by atoms with Crippen molar-refractivity contribution in [3.8, 4) is 0 Å². The maximum Gasteiger partial charge on any atom is 0.0468 e. The Balaban J connectivity index is 2.32. The third-order valence-electron chi connectivity index (χ3n) is 1.72. The highest BCUT2D eigenvalue weighted by atomic mass is 32.1. The first kappa shape index (κ1) is 10.5. The molecule has 0 amide bonds. The summed E-state index contributed by atoms with van der Waals surface area (Å²) in [6.45, 7) is 8.57. The van der Waals surface area contributed by atoms with Gasteiger partial charge in [0.15, 0.2) is 0 Å². The Kier molecular flexibility index (Phi) is 3.33. The quantitative estimate of drug-likeness (QED) is 0.783. The lowest BCUT2D eigenvalue weighted by Gasteiger charge is -2.18. The van der Waals surface area contributed by atoms with Gasteiger partial charge in [-0.3, -0.25) is 0 Å². The van der Waals surface area contributed by atoms with Crippen LogP contribution in [0.1, 0.15) is 25.6 Å². The highest BCUT2D eigenvalue weighted by Gasteiger charge is 2.09. The lowest BCUT2D eigenvalue weighted by Crippen LogP contribution is -2.26. The minimum absolute atomic E-state index is 0.339. The summed E-state index contributed by atoms with van der Waals surface area (Å²) in [6, 6.07) is 1.96. The molecule has 1 aromatic rings. The van der Waals surface area contributed by atoms with Gasteiger partial charge in [0.05, 0.1) is 0 Å². The van der Waals surface area contributed by atoms with E-state index in [0.717, 1.165) is 18.8 Å². The molecule has 74 valence electrons. The molecule has 1 heterocycles. The predicted octanol–water partition coefficient (Wildman–Crippen LogP) is 2.47. The van der Waals surface area contributed by atoms with E-state index in [2.05, 4.69) is 26.1 Å². The van der Waals surface area contributed by atoms with Crippen molar-refractivity contribution in [2.75, 3.05) is 12.3 Å². The maximum absolute atomic E-state index is 5.76. The summed E-state index contributed by atoms with van der Waals surface area (Å²) < 4.78 is 0. The first-order valence-electron chi connectivity index (χ1n) is 4.51. The predicted molar refractivity (Wildman–Crippen MR) is 59.9 cm³/mol. The highest BCUT2D eigenvalue weighted by Crippen LogP contribution is 2.18. The fourth-order valence-electron chi connectivity index (χ4n) is 1.05. The molecule has 0 aromatic carbocycles. The molecule has 3 N–H and O–H groups in total. The zero-order valence-corrected chi connectivity index (χ0v) is 9.37. The van der Waals surface area contributed by atoms with Gasteiger partial charge in [-0.2, -0.15) is 0 Å². The molecule has 0 saturated heterocycles. The van der Waals surface area contributed by atoms with Crippen molar-refractivity contribution in [1.29, 1.82) is 0 Å². The van der Waals surface area contributed by atoms with Crippen LogP contribution >= 0.6 is 11.3 Å². The van der Waals surface area contributed by atoms with Crippen LogP contribution in [0, 0.1) is 5.41 Å². The van der Waals surface area contributed by atoms with Crippen LogP contribution in [0.5, 0.6) is 0 Å². The number of rotatable bonds is 3. The molecule has 1 aromatic heterocycles. The minimum atomic E-state index is 0.339. The molecule has 0 atom stereocenters. The van der Waals surface area contributed by atoms with Crippen molar-refractivity contribution in [3.63, 3.8) is 0 Å². The van der Waals surface area contributed by atoms with Crippen LogP contribution in [-0.4, -0.2) is 6.54 Å². The van der Waals surface area contributed by atoms with Gasteiger partial charge in [0.2, 0.25) is 0 Å². The number of hydrogen-bond acceptors (Lipinski definition) is 3. The summed E-state index contributed by atoms with van der Waals surface area (Å²) in [5.74, 6) is 0. The van der Waals surface area contributed by atoms with Crippen molar-refractivity contribution in [1.82, 2.24) is 5.32 Å². The smallest absolute Gasteiger partial charge is 0.0468 e.